The van der Waals surface area contributed by atoms with E-state index >= 15 is 0 Å². The van der Waals surface area contributed by atoms with Crippen LogP contribution in [0, 0.1) is 0 Å². The molecule has 0 radical (unpaired) electrons. The Morgan fingerprint density at radius 2 is 1.94 bits per heavy atom. The number of amides is 1. The molecular formula is C12H14Cl2N2O. The minimum absolute atomic E-state index is 0.0654. The molecule has 0 atom stereocenters. The lowest BCUT2D eigenvalue weighted by Crippen LogP contribution is -2.42. The molecule has 1 heterocycles. The lowest BCUT2D eigenvalue weighted by atomic mass is 10.0. The Bertz CT molecular complexity index is 429. The maximum Gasteiger partial charge on any atom is 0.255 e. The summed E-state index contributed by atoms with van der Waals surface area (Å²) in [4.78, 5) is 14.0. The smallest absolute Gasteiger partial charge is 0.255 e. The van der Waals surface area contributed by atoms with E-state index in [2.05, 4.69) is 0 Å². The number of hydrogen-bond acceptors (Lipinski definition) is 2. The lowest BCUT2D eigenvalue weighted by Gasteiger charge is -2.30. The zero-order valence-electron chi connectivity index (χ0n) is 9.33. The monoisotopic (exact) mass is 272 g/mol. The third-order valence-electron chi connectivity index (χ3n) is 3.01. The van der Waals surface area contributed by atoms with E-state index in [4.69, 9.17) is 28.9 Å². The third kappa shape index (κ3) is 2.73. The topological polar surface area (TPSA) is 46.3 Å². The SMILES string of the molecule is NC1CCN(C(=O)c2cccc(Cl)c2Cl)CC1. The van der Waals surface area contributed by atoms with Crippen LogP contribution >= 0.6 is 23.2 Å². The molecule has 1 aliphatic rings. The van der Waals surface area contributed by atoms with Crippen LogP contribution in [0.2, 0.25) is 10.0 Å². The summed E-state index contributed by atoms with van der Waals surface area (Å²) in [5, 5.41) is 0.736. The maximum atomic E-state index is 12.2. The Morgan fingerprint density at radius 1 is 1.29 bits per heavy atom. The van der Waals surface area contributed by atoms with Crippen molar-refractivity contribution in [1.82, 2.24) is 4.90 Å². The van der Waals surface area contributed by atoms with Crippen molar-refractivity contribution in [3.63, 3.8) is 0 Å². The van der Waals surface area contributed by atoms with Crippen LogP contribution in [0.4, 0.5) is 0 Å². The summed E-state index contributed by atoms with van der Waals surface area (Å²) in [6.07, 6.45) is 1.67. The molecule has 17 heavy (non-hydrogen) atoms. The first kappa shape index (κ1) is 12.7. The van der Waals surface area contributed by atoms with Crippen molar-refractivity contribution in [3.8, 4) is 0 Å². The van der Waals surface area contributed by atoms with Crippen molar-refractivity contribution in [2.75, 3.05) is 13.1 Å². The molecule has 0 saturated carbocycles. The third-order valence-corrected chi connectivity index (χ3v) is 3.83. The van der Waals surface area contributed by atoms with Gasteiger partial charge in [0.25, 0.3) is 5.91 Å². The quantitative estimate of drug-likeness (QED) is 0.854. The van der Waals surface area contributed by atoms with Gasteiger partial charge in [0.05, 0.1) is 15.6 Å². The summed E-state index contributed by atoms with van der Waals surface area (Å²) in [6.45, 7) is 1.37. The van der Waals surface area contributed by atoms with Crippen molar-refractivity contribution >= 4 is 29.1 Å². The highest BCUT2D eigenvalue weighted by atomic mass is 35.5. The van der Waals surface area contributed by atoms with Gasteiger partial charge in [-0.15, -0.1) is 0 Å². The average molecular weight is 273 g/mol. The number of likely N-dealkylation sites (tertiary alicyclic amines) is 1. The second-order valence-corrected chi connectivity index (χ2v) is 5.02. The molecule has 5 heteroatoms. The Labute approximate surface area is 110 Å². The predicted molar refractivity (Wildman–Crippen MR) is 69.6 cm³/mol. The highest BCUT2D eigenvalue weighted by Gasteiger charge is 2.23. The first-order valence-electron chi connectivity index (χ1n) is 5.58. The van der Waals surface area contributed by atoms with E-state index in [0.717, 1.165) is 12.8 Å². The van der Waals surface area contributed by atoms with Crippen LogP contribution in [-0.2, 0) is 0 Å². The zero-order valence-corrected chi connectivity index (χ0v) is 10.8. The molecule has 0 aliphatic carbocycles. The molecule has 1 aromatic rings. The molecule has 1 fully saturated rings. The summed E-state index contributed by atoms with van der Waals surface area (Å²) >= 11 is 11.9. The molecule has 0 spiro atoms. The highest BCUT2D eigenvalue weighted by Crippen LogP contribution is 2.27. The van der Waals surface area contributed by atoms with Gasteiger partial charge in [0, 0.05) is 19.1 Å². The Balaban J connectivity index is 2.17. The number of nitrogens with two attached hydrogens (primary N) is 1. The molecule has 1 saturated heterocycles. The fourth-order valence-corrected chi connectivity index (χ4v) is 2.32. The summed E-state index contributed by atoms with van der Waals surface area (Å²) < 4.78 is 0. The van der Waals surface area contributed by atoms with Gasteiger partial charge in [0.15, 0.2) is 0 Å². The zero-order chi connectivity index (χ0) is 12.4. The van der Waals surface area contributed by atoms with E-state index in [9.17, 15) is 4.79 Å². The number of halogens is 2. The number of piperidine rings is 1. The van der Waals surface area contributed by atoms with E-state index < -0.39 is 0 Å². The Morgan fingerprint density at radius 3 is 2.59 bits per heavy atom. The first-order valence-corrected chi connectivity index (χ1v) is 6.34. The van der Waals surface area contributed by atoms with Gasteiger partial charge in [-0.2, -0.15) is 0 Å². The maximum absolute atomic E-state index is 12.2. The van der Waals surface area contributed by atoms with Crippen molar-refractivity contribution in [3.05, 3.63) is 33.8 Å². The molecule has 92 valence electrons. The Kier molecular flexibility index (Phi) is 3.92. The number of benzene rings is 1. The molecule has 1 aromatic carbocycles. The van der Waals surface area contributed by atoms with Crippen LogP contribution in [0.5, 0.6) is 0 Å². The van der Waals surface area contributed by atoms with Gasteiger partial charge in [-0.25, -0.2) is 0 Å². The summed E-state index contributed by atoms with van der Waals surface area (Å²) in [6, 6.07) is 5.31. The van der Waals surface area contributed by atoms with E-state index in [1.165, 1.54) is 0 Å². The predicted octanol–water partition coefficient (Wildman–Crippen LogP) is 2.56. The van der Waals surface area contributed by atoms with Gasteiger partial charge in [-0.1, -0.05) is 29.3 Å². The van der Waals surface area contributed by atoms with Gasteiger partial charge >= 0.3 is 0 Å². The van der Waals surface area contributed by atoms with Crippen molar-refractivity contribution in [2.45, 2.75) is 18.9 Å². The number of nitrogens with zero attached hydrogens (tertiary/aromatic N) is 1. The first-order chi connectivity index (χ1) is 8.09. The van der Waals surface area contributed by atoms with Crippen LogP contribution in [-0.4, -0.2) is 29.9 Å². The van der Waals surface area contributed by atoms with Crippen LogP contribution in [0.1, 0.15) is 23.2 Å². The Hall–Kier alpha value is -0.770. The highest BCUT2D eigenvalue weighted by molar-refractivity contribution is 6.43. The molecule has 0 bridgehead atoms. The van der Waals surface area contributed by atoms with Gasteiger partial charge in [-0.3, -0.25) is 4.79 Å². The fraction of sp³-hybridized carbons (Fsp3) is 0.417. The van der Waals surface area contributed by atoms with E-state index in [1.807, 2.05) is 0 Å². The number of carbonyl (C=O) groups is 1. The molecule has 1 aliphatic heterocycles. The molecule has 3 nitrogen and oxygen atoms in total. The van der Waals surface area contributed by atoms with Crippen LogP contribution < -0.4 is 5.73 Å². The van der Waals surface area contributed by atoms with Crippen molar-refractivity contribution in [1.29, 1.82) is 0 Å². The normalized spacial score (nSPS) is 17.2. The van der Waals surface area contributed by atoms with Crippen LogP contribution in [0.25, 0.3) is 0 Å². The van der Waals surface area contributed by atoms with Crippen molar-refractivity contribution in [2.24, 2.45) is 5.73 Å². The summed E-state index contributed by atoms with van der Waals surface area (Å²) in [5.74, 6) is -0.0654. The summed E-state index contributed by atoms with van der Waals surface area (Å²) in [7, 11) is 0. The van der Waals surface area contributed by atoms with Crippen LogP contribution in [0.15, 0.2) is 18.2 Å². The largest absolute Gasteiger partial charge is 0.338 e. The lowest BCUT2D eigenvalue weighted by molar-refractivity contribution is 0.0715. The minimum atomic E-state index is -0.0654. The van der Waals surface area contributed by atoms with Crippen LogP contribution in [0.3, 0.4) is 0 Å². The molecule has 0 aromatic heterocycles. The molecule has 0 unspecified atom stereocenters. The van der Waals surface area contributed by atoms with Gasteiger partial charge in [-0.05, 0) is 25.0 Å². The molecular weight excluding hydrogens is 259 g/mol. The van der Waals surface area contributed by atoms with E-state index in [-0.39, 0.29) is 11.9 Å². The minimum Gasteiger partial charge on any atom is -0.338 e. The van der Waals surface area contributed by atoms with Crippen molar-refractivity contribution < 1.29 is 4.79 Å². The van der Waals surface area contributed by atoms with Gasteiger partial charge in [0.2, 0.25) is 0 Å². The summed E-state index contributed by atoms with van der Waals surface area (Å²) in [5.41, 5.74) is 6.27. The second-order valence-electron chi connectivity index (χ2n) is 4.23. The number of rotatable bonds is 1. The molecule has 2 rings (SSSR count). The second kappa shape index (κ2) is 5.25. The van der Waals surface area contributed by atoms with Gasteiger partial charge in [0.1, 0.15) is 0 Å². The number of carbonyl (C=O) groups excluding carboxylic acids is 1. The fourth-order valence-electron chi connectivity index (χ4n) is 1.94. The molecule has 1 amide bonds. The van der Waals surface area contributed by atoms with E-state index in [1.54, 1.807) is 23.1 Å². The van der Waals surface area contributed by atoms with Gasteiger partial charge < -0.3 is 10.6 Å². The molecule has 2 N–H and O–H groups in total. The van der Waals surface area contributed by atoms with E-state index in [0.29, 0.717) is 28.7 Å². The average Bonchev–Trinajstić information content (AvgIpc) is 2.33. The standard InChI is InChI=1S/C12H14Cl2N2O/c13-10-3-1-2-9(11(10)14)12(17)16-6-4-8(15)5-7-16/h1-3,8H,4-7,15H2. The number of hydrogen-bond donors (Lipinski definition) is 1.